The van der Waals surface area contributed by atoms with Gasteiger partial charge in [0.2, 0.25) is 5.95 Å². The summed E-state index contributed by atoms with van der Waals surface area (Å²) in [5.74, 6) is 0.519. The molecule has 0 fully saturated rings. The highest BCUT2D eigenvalue weighted by Gasteiger charge is 2.02. The van der Waals surface area contributed by atoms with Crippen LogP contribution in [0.25, 0.3) is 0 Å². The average Bonchev–Trinajstić information content (AvgIpc) is 2.26. The van der Waals surface area contributed by atoms with E-state index in [1.807, 2.05) is 6.07 Å². The van der Waals surface area contributed by atoms with Crippen molar-refractivity contribution in [2.75, 3.05) is 18.5 Å². The number of carbonyl (C=O) groups excluding carboxylic acids is 1. The van der Waals surface area contributed by atoms with Crippen LogP contribution in [0.4, 0.5) is 5.95 Å². The quantitative estimate of drug-likeness (QED) is 0.651. The molecule has 1 rings (SSSR count). The lowest BCUT2D eigenvalue weighted by molar-refractivity contribution is 0.112. The molecule has 0 aliphatic carbocycles. The van der Waals surface area contributed by atoms with E-state index in [0.29, 0.717) is 30.8 Å². The lowest BCUT2D eigenvalue weighted by atomic mass is 10.4. The predicted molar refractivity (Wildman–Crippen MR) is 50.9 cm³/mol. The third-order valence-electron chi connectivity index (χ3n) is 1.69. The number of rotatable bonds is 4. The largest absolute Gasteiger partial charge is 0.343 e. The van der Waals surface area contributed by atoms with Crippen LogP contribution in [0, 0.1) is 11.3 Å². The smallest absolute Gasteiger partial charge is 0.225 e. The van der Waals surface area contributed by atoms with Crippen molar-refractivity contribution < 1.29 is 4.79 Å². The summed E-state index contributed by atoms with van der Waals surface area (Å²) in [4.78, 5) is 20.0. The van der Waals surface area contributed by atoms with Gasteiger partial charge in [0.1, 0.15) is 0 Å². The Morgan fingerprint density at radius 2 is 2.21 bits per heavy atom. The average molecular weight is 190 g/mol. The standard InChI is InChI=1S/C9H10N4O/c1-13(4-2-3-10)9-11-5-8(7-14)6-12-9/h5-7H,2,4H2,1H3. The molecule has 0 atom stereocenters. The zero-order valence-electron chi connectivity index (χ0n) is 7.84. The van der Waals surface area contributed by atoms with Gasteiger partial charge in [-0.1, -0.05) is 0 Å². The highest BCUT2D eigenvalue weighted by Crippen LogP contribution is 2.03. The van der Waals surface area contributed by atoms with Gasteiger partial charge in [-0.05, 0) is 0 Å². The van der Waals surface area contributed by atoms with Gasteiger partial charge in [-0.3, -0.25) is 4.79 Å². The molecule has 72 valence electrons. The molecule has 0 bridgehead atoms. The molecular weight excluding hydrogens is 180 g/mol. The molecule has 1 aromatic rings. The molecule has 0 N–H and O–H groups in total. The molecule has 0 spiro atoms. The van der Waals surface area contributed by atoms with E-state index in [9.17, 15) is 4.79 Å². The van der Waals surface area contributed by atoms with Crippen LogP contribution >= 0.6 is 0 Å². The highest BCUT2D eigenvalue weighted by molar-refractivity contribution is 5.73. The summed E-state index contributed by atoms with van der Waals surface area (Å²) in [5, 5.41) is 8.38. The minimum absolute atomic E-state index is 0.426. The molecule has 0 saturated carbocycles. The van der Waals surface area contributed by atoms with Crippen molar-refractivity contribution in [3.05, 3.63) is 18.0 Å². The van der Waals surface area contributed by atoms with Gasteiger partial charge in [0.05, 0.1) is 18.1 Å². The Bertz CT molecular complexity index is 341. The highest BCUT2D eigenvalue weighted by atomic mass is 16.1. The van der Waals surface area contributed by atoms with Crippen LogP contribution in [-0.2, 0) is 0 Å². The topological polar surface area (TPSA) is 69.9 Å². The number of nitrogens with zero attached hydrogens (tertiary/aromatic N) is 4. The monoisotopic (exact) mass is 190 g/mol. The molecule has 0 aliphatic rings. The van der Waals surface area contributed by atoms with Crippen molar-refractivity contribution in [1.82, 2.24) is 9.97 Å². The maximum Gasteiger partial charge on any atom is 0.225 e. The van der Waals surface area contributed by atoms with Crippen LogP contribution in [-0.4, -0.2) is 29.8 Å². The fourth-order valence-electron chi connectivity index (χ4n) is 0.907. The Labute approximate surface area is 82.0 Å². The Hall–Kier alpha value is -1.96. The van der Waals surface area contributed by atoms with E-state index in [1.54, 1.807) is 11.9 Å². The molecule has 0 unspecified atom stereocenters. The summed E-state index contributed by atoms with van der Waals surface area (Å²) in [6.07, 6.45) is 4.03. The first-order valence-corrected chi connectivity index (χ1v) is 4.13. The van der Waals surface area contributed by atoms with Gasteiger partial charge in [0, 0.05) is 26.0 Å². The van der Waals surface area contributed by atoms with Crippen LogP contribution in [0.5, 0.6) is 0 Å². The Kier molecular flexibility index (Phi) is 3.56. The van der Waals surface area contributed by atoms with E-state index in [4.69, 9.17) is 5.26 Å². The van der Waals surface area contributed by atoms with Gasteiger partial charge in [-0.25, -0.2) is 9.97 Å². The van der Waals surface area contributed by atoms with Gasteiger partial charge < -0.3 is 4.90 Å². The number of aromatic nitrogens is 2. The third-order valence-corrected chi connectivity index (χ3v) is 1.69. The summed E-state index contributed by atoms with van der Waals surface area (Å²) < 4.78 is 0. The molecule has 5 nitrogen and oxygen atoms in total. The fourth-order valence-corrected chi connectivity index (χ4v) is 0.907. The van der Waals surface area contributed by atoms with Crippen molar-refractivity contribution in [2.45, 2.75) is 6.42 Å². The van der Waals surface area contributed by atoms with Crippen molar-refractivity contribution in [1.29, 1.82) is 5.26 Å². The third kappa shape index (κ3) is 2.52. The maximum atomic E-state index is 10.3. The summed E-state index contributed by atoms with van der Waals surface area (Å²) in [7, 11) is 1.80. The van der Waals surface area contributed by atoms with Crippen molar-refractivity contribution in [2.24, 2.45) is 0 Å². The number of hydrogen-bond donors (Lipinski definition) is 0. The minimum Gasteiger partial charge on any atom is -0.343 e. The number of carbonyl (C=O) groups is 1. The Balaban J connectivity index is 2.67. The number of nitriles is 1. The normalized spacial score (nSPS) is 9.14. The van der Waals surface area contributed by atoms with E-state index >= 15 is 0 Å². The second-order valence-electron chi connectivity index (χ2n) is 2.76. The van der Waals surface area contributed by atoms with Gasteiger partial charge in [0.25, 0.3) is 0 Å². The van der Waals surface area contributed by atoms with Gasteiger partial charge in [0.15, 0.2) is 6.29 Å². The van der Waals surface area contributed by atoms with Crippen LogP contribution in [0.2, 0.25) is 0 Å². The molecule has 14 heavy (non-hydrogen) atoms. The lowest BCUT2D eigenvalue weighted by Crippen LogP contribution is -2.20. The summed E-state index contributed by atoms with van der Waals surface area (Å²) >= 11 is 0. The van der Waals surface area contributed by atoms with Crippen LogP contribution < -0.4 is 4.90 Å². The SMILES string of the molecule is CN(CCC#N)c1ncc(C=O)cn1. The molecule has 0 amide bonds. The summed E-state index contributed by atoms with van der Waals surface area (Å²) in [6.45, 7) is 0.580. The molecule has 1 aromatic heterocycles. The number of aldehydes is 1. The first-order valence-electron chi connectivity index (χ1n) is 4.13. The molecular formula is C9H10N4O. The first kappa shape index (κ1) is 10.1. The van der Waals surface area contributed by atoms with E-state index in [-0.39, 0.29) is 0 Å². The molecule has 0 radical (unpaired) electrons. The molecule has 5 heteroatoms. The molecule has 0 aliphatic heterocycles. The van der Waals surface area contributed by atoms with Crippen LogP contribution in [0.15, 0.2) is 12.4 Å². The van der Waals surface area contributed by atoms with Crippen molar-refractivity contribution in [3.8, 4) is 6.07 Å². The van der Waals surface area contributed by atoms with Gasteiger partial charge in [-0.2, -0.15) is 5.26 Å². The van der Waals surface area contributed by atoms with Crippen molar-refractivity contribution in [3.63, 3.8) is 0 Å². The Morgan fingerprint density at radius 3 is 2.71 bits per heavy atom. The zero-order valence-corrected chi connectivity index (χ0v) is 7.84. The minimum atomic E-state index is 0.426. The zero-order chi connectivity index (χ0) is 10.4. The summed E-state index contributed by atoms with van der Waals surface area (Å²) in [6, 6.07) is 2.04. The van der Waals surface area contributed by atoms with Crippen LogP contribution in [0.3, 0.4) is 0 Å². The maximum absolute atomic E-state index is 10.3. The molecule has 1 heterocycles. The van der Waals surface area contributed by atoms with Crippen LogP contribution in [0.1, 0.15) is 16.8 Å². The van der Waals surface area contributed by atoms with E-state index in [1.165, 1.54) is 12.4 Å². The molecule has 0 aromatic carbocycles. The lowest BCUT2D eigenvalue weighted by Gasteiger charge is -2.14. The van der Waals surface area contributed by atoms with E-state index in [2.05, 4.69) is 9.97 Å². The summed E-state index contributed by atoms with van der Waals surface area (Å²) in [5.41, 5.74) is 0.447. The van der Waals surface area contributed by atoms with Gasteiger partial charge in [-0.15, -0.1) is 0 Å². The first-order chi connectivity index (χ1) is 6.77. The molecule has 0 saturated heterocycles. The number of anilines is 1. The second kappa shape index (κ2) is 4.92. The van der Waals surface area contributed by atoms with Crippen molar-refractivity contribution >= 4 is 12.2 Å². The fraction of sp³-hybridized carbons (Fsp3) is 0.333. The number of hydrogen-bond acceptors (Lipinski definition) is 5. The Morgan fingerprint density at radius 1 is 1.57 bits per heavy atom. The van der Waals surface area contributed by atoms with E-state index in [0.717, 1.165) is 0 Å². The van der Waals surface area contributed by atoms with E-state index < -0.39 is 0 Å². The predicted octanol–water partition coefficient (Wildman–Crippen LogP) is 0.639. The second-order valence-corrected chi connectivity index (χ2v) is 2.76. The van der Waals surface area contributed by atoms with Gasteiger partial charge >= 0.3 is 0 Å².